The maximum Gasteiger partial charge on any atom is 0.286 e. The summed E-state index contributed by atoms with van der Waals surface area (Å²) in [6, 6.07) is 15.8. The highest BCUT2D eigenvalue weighted by Gasteiger charge is 2.31. The zero-order valence-corrected chi connectivity index (χ0v) is 18.3. The molecule has 0 bridgehead atoms. The number of carbonyl (C=O) groups is 2. The summed E-state index contributed by atoms with van der Waals surface area (Å²) in [5.41, 5.74) is 3.21. The van der Waals surface area contributed by atoms with E-state index < -0.39 is 0 Å². The van der Waals surface area contributed by atoms with E-state index in [1.165, 1.54) is 0 Å². The SMILES string of the molecule is CN(CCOc1ccc(CC2SC(=O)NC2=O)cc1)c1ccc(-c2cccn2C)cn1. The molecule has 1 unspecified atom stereocenters. The first-order chi connectivity index (χ1) is 15.0. The van der Waals surface area contributed by atoms with E-state index in [1.54, 1.807) is 0 Å². The summed E-state index contributed by atoms with van der Waals surface area (Å²) in [6.45, 7) is 1.21. The van der Waals surface area contributed by atoms with Crippen molar-refractivity contribution in [3.05, 3.63) is 66.5 Å². The topological polar surface area (TPSA) is 76.5 Å². The number of likely N-dealkylation sites (N-methyl/N-ethyl adjacent to an activating group) is 1. The van der Waals surface area contributed by atoms with E-state index in [4.69, 9.17) is 4.74 Å². The summed E-state index contributed by atoms with van der Waals surface area (Å²) in [7, 11) is 4.01. The van der Waals surface area contributed by atoms with Crippen LogP contribution in [0.15, 0.2) is 60.9 Å². The number of amides is 2. The molecule has 3 heterocycles. The van der Waals surface area contributed by atoms with Crippen LogP contribution in [0.25, 0.3) is 11.3 Å². The van der Waals surface area contributed by atoms with Crippen molar-refractivity contribution in [3.63, 3.8) is 0 Å². The second-order valence-corrected chi connectivity index (χ2v) is 8.59. The number of nitrogens with zero attached hydrogens (tertiary/aromatic N) is 3. The van der Waals surface area contributed by atoms with Gasteiger partial charge in [-0.1, -0.05) is 23.9 Å². The Hall–Kier alpha value is -3.26. The van der Waals surface area contributed by atoms with Crippen LogP contribution in [0.1, 0.15) is 5.56 Å². The maximum atomic E-state index is 11.7. The number of imide groups is 1. The standard InChI is InChI=1S/C23H24N4O3S/c1-26-11-3-4-19(26)17-7-10-21(24-15-17)27(2)12-13-30-18-8-5-16(6-9-18)14-20-22(28)25-23(29)31-20/h3-11,15,20H,12-14H2,1-2H3,(H,25,28,29). The van der Waals surface area contributed by atoms with Crippen LogP contribution in [-0.2, 0) is 18.3 Å². The molecule has 1 aromatic carbocycles. The Bertz CT molecular complexity index is 1060. The maximum absolute atomic E-state index is 11.7. The number of anilines is 1. The van der Waals surface area contributed by atoms with Crippen LogP contribution in [0.3, 0.4) is 0 Å². The van der Waals surface area contributed by atoms with Crippen LogP contribution >= 0.6 is 11.8 Å². The fourth-order valence-electron chi connectivity index (χ4n) is 3.40. The molecule has 0 saturated carbocycles. The summed E-state index contributed by atoms with van der Waals surface area (Å²) < 4.78 is 7.92. The van der Waals surface area contributed by atoms with Gasteiger partial charge in [-0.15, -0.1) is 0 Å². The van der Waals surface area contributed by atoms with Gasteiger partial charge in [-0.2, -0.15) is 0 Å². The van der Waals surface area contributed by atoms with Crippen molar-refractivity contribution >= 4 is 28.7 Å². The highest BCUT2D eigenvalue weighted by molar-refractivity contribution is 8.15. The van der Waals surface area contributed by atoms with Gasteiger partial charge in [0.2, 0.25) is 5.91 Å². The molecule has 0 aliphatic carbocycles. The summed E-state index contributed by atoms with van der Waals surface area (Å²) in [5.74, 6) is 1.44. The summed E-state index contributed by atoms with van der Waals surface area (Å²) in [4.78, 5) is 29.6. The Morgan fingerprint density at radius 3 is 2.58 bits per heavy atom. The minimum absolute atomic E-state index is 0.219. The number of aromatic nitrogens is 2. The Labute approximate surface area is 185 Å². The normalized spacial score (nSPS) is 15.7. The van der Waals surface area contributed by atoms with Gasteiger partial charge in [0.05, 0.1) is 11.8 Å². The van der Waals surface area contributed by atoms with Gasteiger partial charge in [-0.3, -0.25) is 14.9 Å². The number of benzene rings is 1. The Morgan fingerprint density at radius 1 is 1.16 bits per heavy atom. The van der Waals surface area contributed by atoms with Crippen molar-refractivity contribution < 1.29 is 14.3 Å². The van der Waals surface area contributed by atoms with Crippen molar-refractivity contribution in [2.75, 3.05) is 25.1 Å². The highest BCUT2D eigenvalue weighted by atomic mass is 32.2. The number of thioether (sulfide) groups is 1. The van der Waals surface area contributed by atoms with Gasteiger partial charge >= 0.3 is 0 Å². The van der Waals surface area contributed by atoms with Crippen LogP contribution in [0, 0.1) is 0 Å². The first-order valence-corrected chi connectivity index (χ1v) is 10.9. The molecule has 1 aliphatic heterocycles. The number of rotatable bonds is 8. The van der Waals surface area contributed by atoms with Gasteiger partial charge in [0.15, 0.2) is 0 Å². The lowest BCUT2D eigenvalue weighted by atomic mass is 10.1. The average Bonchev–Trinajstić information content (AvgIpc) is 3.33. The smallest absolute Gasteiger partial charge is 0.286 e. The molecular weight excluding hydrogens is 412 g/mol. The Morgan fingerprint density at radius 2 is 1.97 bits per heavy atom. The fourth-order valence-corrected chi connectivity index (χ4v) is 4.26. The molecule has 0 radical (unpaired) electrons. The lowest BCUT2D eigenvalue weighted by molar-refractivity contribution is -0.118. The number of carbonyl (C=O) groups excluding carboxylic acids is 2. The first kappa shape index (κ1) is 21.0. The van der Waals surface area contributed by atoms with Gasteiger partial charge in [-0.25, -0.2) is 4.98 Å². The van der Waals surface area contributed by atoms with Crippen LogP contribution in [0.5, 0.6) is 5.75 Å². The molecule has 3 aromatic rings. The van der Waals surface area contributed by atoms with Gasteiger partial charge in [0.1, 0.15) is 18.2 Å². The van der Waals surface area contributed by atoms with E-state index in [0.717, 1.165) is 40.2 Å². The van der Waals surface area contributed by atoms with Crippen molar-refractivity contribution in [2.45, 2.75) is 11.7 Å². The molecule has 4 rings (SSSR count). The van der Waals surface area contributed by atoms with Crippen LogP contribution in [-0.4, -0.2) is 46.1 Å². The molecule has 1 saturated heterocycles. The zero-order valence-electron chi connectivity index (χ0n) is 17.4. The summed E-state index contributed by atoms with van der Waals surface area (Å²) in [6.07, 6.45) is 4.43. The molecule has 1 fully saturated rings. The molecule has 1 atom stereocenters. The molecular formula is C23H24N4O3S. The van der Waals surface area contributed by atoms with E-state index in [0.29, 0.717) is 19.6 Å². The second-order valence-electron chi connectivity index (χ2n) is 7.41. The minimum Gasteiger partial charge on any atom is -0.492 e. The molecule has 1 N–H and O–H groups in total. The third kappa shape index (κ3) is 5.08. The minimum atomic E-state index is -0.353. The summed E-state index contributed by atoms with van der Waals surface area (Å²) >= 11 is 1.04. The predicted octanol–water partition coefficient (Wildman–Crippen LogP) is 3.50. The lowest BCUT2D eigenvalue weighted by Crippen LogP contribution is -2.25. The molecule has 31 heavy (non-hydrogen) atoms. The van der Waals surface area contributed by atoms with Crippen LogP contribution in [0.4, 0.5) is 10.6 Å². The zero-order chi connectivity index (χ0) is 21.8. The van der Waals surface area contributed by atoms with Crippen molar-refractivity contribution in [1.82, 2.24) is 14.9 Å². The number of hydrogen-bond donors (Lipinski definition) is 1. The molecule has 160 valence electrons. The van der Waals surface area contributed by atoms with Crippen molar-refractivity contribution in [3.8, 4) is 17.0 Å². The van der Waals surface area contributed by atoms with Crippen molar-refractivity contribution in [2.24, 2.45) is 7.05 Å². The molecule has 2 aromatic heterocycles. The quantitative estimate of drug-likeness (QED) is 0.583. The van der Waals surface area contributed by atoms with Crippen LogP contribution in [0.2, 0.25) is 0 Å². The molecule has 1 aliphatic rings. The lowest BCUT2D eigenvalue weighted by Gasteiger charge is -2.19. The van der Waals surface area contributed by atoms with Gasteiger partial charge in [0.25, 0.3) is 5.24 Å². The van der Waals surface area contributed by atoms with E-state index in [1.807, 2.05) is 62.9 Å². The van der Waals surface area contributed by atoms with E-state index in [2.05, 4.69) is 31.9 Å². The molecule has 0 spiro atoms. The average molecular weight is 437 g/mol. The number of aryl methyl sites for hydroxylation is 1. The number of pyridine rings is 1. The third-order valence-electron chi connectivity index (χ3n) is 5.19. The largest absolute Gasteiger partial charge is 0.492 e. The van der Waals surface area contributed by atoms with E-state index in [-0.39, 0.29) is 16.4 Å². The van der Waals surface area contributed by atoms with Gasteiger partial charge in [-0.05, 0) is 48.4 Å². The third-order valence-corrected chi connectivity index (χ3v) is 6.17. The summed E-state index contributed by atoms with van der Waals surface area (Å²) in [5, 5.41) is 1.68. The fraction of sp³-hybridized carbons (Fsp3) is 0.261. The highest BCUT2D eigenvalue weighted by Crippen LogP contribution is 2.24. The number of nitrogens with one attached hydrogen (secondary N) is 1. The monoisotopic (exact) mass is 436 g/mol. The van der Waals surface area contributed by atoms with Gasteiger partial charge in [0, 0.05) is 37.7 Å². The van der Waals surface area contributed by atoms with Crippen molar-refractivity contribution in [1.29, 1.82) is 0 Å². The molecule has 7 nitrogen and oxygen atoms in total. The van der Waals surface area contributed by atoms with Crippen LogP contribution < -0.4 is 15.0 Å². The molecule has 2 amide bonds. The Kier molecular flexibility index (Phi) is 6.27. The first-order valence-electron chi connectivity index (χ1n) is 10.0. The second kappa shape index (κ2) is 9.26. The molecule has 8 heteroatoms. The predicted molar refractivity (Wildman–Crippen MR) is 122 cm³/mol. The van der Waals surface area contributed by atoms with E-state index in [9.17, 15) is 9.59 Å². The Balaban J connectivity index is 1.25. The van der Waals surface area contributed by atoms with E-state index >= 15 is 0 Å². The number of hydrogen-bond acceptors (Lipinski definition) is 6. The van der Waals surface area contributed by atoms with Gasteiger partial charge < -0.3 is 14.2 Å². The number of ether oxygens (including phenoxy) is 1.